The van der Waals surface area contributed by atoms with Crippen LogP contribution in [-0.4, -0.2) is 29.7 Å². The van der Waals surface area contributed by atoms with Crippen LogP contribution >= 0.6 is 11.6 Å². The number of nitrogens with zero attached hydrogens (tertiary/aromatic N) is 1. The highest BCUT2D eigenvalue weighted by atomic mass is 35.5. The lowest BCUT2D eigenvalue weighted by Crippen LogP contribution is -2.41. The van der Waals surface area contributed by atoms with Gasteiger partial charge in [-0.1, -0.05) is 23.7 Å². The van der Waals surface area contributed by atoms with E-state index in [9.17, 15) is 4.79 Å². The summed E-state index contributed by atoms with van der Waals surface area (Å²) in [6.07, 6.45) is 4.19. The van der Waals surface area contributed by atoms with Gasteiger partial charge in [-0.3, -0.25) is 0 Å². The number of rotatable bonds is 3. The van der Waals surface area contributed by atoms with E-state index in [-0.39, 0.29) is 6.09 Å². The fraction of sp³-hybridized carbons (Fsp3) is 0.632. The molecule has 3 nitrogen and oxygen atoms in total. The van der Waals surface area contributed by atoms with Crippen molar-refractivity contribution in [2.24, 2.45) is 5.92 Å². The second kappa shape index (κ2) is 7.57. The van der Waals surface area contributed by atoms with Gasteiger partial charge < -0.3 is 9.64 Å². The van der Waals surface area contributed by atoms with Gasteiger partial charge in [0, 0.05) is 18.1 Å². The first-order valence-corrected chi connectivity index (χ1v) is 8.85. The molecule has 128 valence electrons. The smallest absolute Gasteiger partial charge is 0.410 e. The summed E-state index contributed by atoms with van der Waals surface area (Å²) in [7, 11) is 0. The van der Waals surface area contributed by atoms with Crippen LogP contribution in [0.4, 0.5) is 4.79 Å². The predicted octanol–water partition coefficient (Wildman–Crippen LogP) is 5.23. The molecule has 0 spiro atoms. The number of carbonyl (C=O) groups excluding carboxylic acids is 1. The Hall–Kier alpha value is -1.22. The first-order valence-electron chi connectivity index (χ1n) is 8.47. The molecule has 1 aromatic carbocycles. The van der Waals surface area contributed by atoms with Crippen molar-refractivity contribution in [2.75, 3.05) is 13.1 Å². The zero-order valence-corrected chi connectivity index (χ0v) is 15.4. The van der Waals surface area contributed by atoms with Crippen molar-refractivity contribution >= 4 is 17.7 Å². The molecule has 0 aromatic heterocycles. The molecule has 0 atom stereocenters. The van der Waals surface area contributed by atoms with E-state index in [1.165, 1.54) is 12.0 Å². The number of ether oxygens (including phenoxy) is 1. The molecule has 0 N–H and O–H groups in total. The molecule has 1 aliphatic rings. The number of piperidine rings is 1. The summed E-state index contributed by atoms with van der Waals surface area (Å²) in [6.45, 7) is 9.38. The summed E-state index contributed by atoms with van der Waals surface area (Å²) in [5.41, 5.74) is 2.07. The largest absolute Gasteiger partial charge is 0.444 e. The van der Waals surface area contributed by atoms with Crippen molar-refractivity contribution in [3.8, 4) is 0 Å². The molecule has 4 heteroatoms. The fourth-order valence-corrected chi connectivity index (χ4v) is 3.08. The summed E-state index contributed by atoms with van der Waals surface area (Å²) >= 11 is 6.07. The van der Waals surface area contributed by atoms with Crippen molar-refractivity contribution in [1.29, 1.82) is 0 Å². The molecule has 1 saturated heterocycles. The topological polar surface area (TPSA) is 29.5 Å². The minimum Gasteiger partial charge on any atom is -0.444 e. The first-order chi connectivity index (χ1) is 10.7. The molecule has 0 radical (unpaired) electrons. The van der Waals surface area contributed by atoms with Crippen molar-refractivity contribution in [1.82, 2.24) is 4.90 Å². The molecule has 0 saturated carbocycles. The Balaban J connectivity index is 1.76. The maximum absolute atomic E-state index is 12.1. The number of likely N-dealkylation sites (tertiary alicyclic amines) is 1. The SMILES string of the molecule is Cc1cc(CCC2CCN(C(=O)OC(C)(C)C)CC2)ccc1Cl. The van der Waals surface area contributed by atoms with Gasteiger partial charge in [0.1, 0.15) is 5.60 Å². The molecule has 1 amide bonds. The van der Waals surface area contributed by atoms with E-state index in [1.807, 2.05) is 38.7 Å². The van der Waals surface area contributed by atoms with Gasteiger partial charge in [-0.2, -0.15) is 0 Å². The zero-order chi connectivity index (χ0) is 17.0. The highest BCUT2D eigenvalue weighted by molar-refractivity contribution is 6.31. The fourth-order valence-electron chi connectivity index (χ4n) is 2.96. The van der Waals surface area contributed by atoms with Crippen LogP contribution in [0.25, 0.3) is 0 Å². The van der Waals surface area contributed by atoms with Gasteiger partial charge in [0.25, 0.3) is 0 Å². The van der Waals surface area contributed by atoms with Crippen LogP contribution in [0, 0.1) is 12.8 Å². The van der Waals surface area contributed by atoms with Gasteiger partial charge in [-0.15, -0.1) is 0 Å². The number of carbonyl (C=O) groups is 1. The molecule has 1 fully saturated rings. The molecular weight excluding hydrogens is 310 g/mol. The lowest BCUT2D eigenvalue weighted by atomic mass is 9.90. The van der Waals surface area contributed by atoms with Gasteiger partial charge in [0.2, 0.25) is 0 Å². The molecule has 1 aliphatic heterocycles. The Kier molecular flexibility index (Phi) is 5.96. The monoisotopic (exact) mass is 337 g/mol. The Bertz CT molecular complexity index is 543. The Morgan fingerprint density at radius 2 is 1.96 bits per heavy atom. The Morgan fingerprint density at radius 1 is 1.30 bits per heavy atom. The highest BCUT2D eigenvalue weighted by Gasteiger charge is 2.26. The van der Waals surface area contributed by atoms with Crippen molar-refractivity contribution in [3.05, 3.63) is 34.3 Å². The van der Waals surface area contributed by atoms with Gasteiger partial charge in [-0.05, 0) is 76.5 Å². The second-order valence-electron chi connectivity index (χ2n) is 7.53. The standard InChI is InChI=1S/C19H28ClNO2/c1-14-13-16(7-8-17(14)20)6-5-15-9-11-21(12-10-15)18(22)23-19(2,3)4/h7-8,13,15H,5-6,9-12H2,1-4H3. The Labute approximate surface area is 145 Å². The Morgan fingerprint density at radius 3 is 2.52 bits per heavy atom. The number of aryl methyl sites for hydroxylation is 2. The normalized spacial score (nSPS) is 16.5. The average Bonchev–Trinajstić information content (AvgIpc) is 2.47. The van der Waals surface area contributed by atoms with Crippen molar-refractivity contribution < 1.29 is 9.53 Å². The van der Waals surface area contributed by atoms with Crippen LogP contribution in [0.1, 0.15) is 51.2 Å². The third-order valence-electron chi connectivity index (χ3n) is 4.33. The molecule has 2 rings (SSSR count). The third-order valence-corrected chi connectivity index (χ3v) is 4.75. The van der Waals surface area contributed by atoms with Gasteiger partial charge in [0.15, 0.2) is 0 Å². The number of hydrogen-bond donors (Lipinski definition) is 0. The molecule has 0 aliphatic carbocycles. The minimum absolute atomic E-state index is 0.177. The number of amides is 1. The van der Waals surface area contributed by atoms with E-state index in [2.05, 4.69) is 12.1 Å². The average molecular weight is 338 g/mol. The number of halogens is 1. The van der Waals surface area contributed by atoms with E-state index >= 15 is 0 Å². The third kappa shape index (κ3) is 5.72. The van der Waals surface area contributed by atoms with Crippen LogP contribution in [0.5, 0.6) is 0 Å². The molecule has 23 heavy (non-hydrogen) atoms. The van der Waals surface area contributed by atoms with Gasteiger partial charge in [-0.25, -0.2) is 4.79 Å². The van der Waals surface area contributed by atoms with Gasteiger partial charge >= 0.3 is 6.09 Å². The maximum Gasteiger partial charge on any atom is 0.410 e. The van der Waals surface area contributed by atoms with Crippen LogP contribution in [0.15, 0.2) is 18.2 Å². The summed E-state index contributed by atoms with van der Waals surface area (Å²) in [5, 5.41) is 0.833. The molecular formula is C19H28ClNO2. The summed E-state index contributed by atoms with van der Waals surface area (Å²) in [4.78, 5) is 13.9. The number of benzene rings is 1. The molecule has 1 aromatic rings. The maximum atomic E-state index is 12.1. The minimum atomic E-state index is -0.416. The van der Waals surface area contributed by atoms with E-state index in [1.54, 1.807) is 0 Å². The summed E-state index contributed by atoms with van der Waals surface area (Å²) in [5.74, 6) is 0.685. The van der Waals surface area contributed by atoms with Crippen molar-refractivity contribution in [3.63, 3.8) is 0 Å². The van der Waals surface area contributed by atoms with E-state index in [0.717, 1.165) is 42.9 Å². The van der Waals surface area contributed by atoms with Crippen LogP contribution in [0.3, 0.4) is 0 Å². The van der Waals surface area contributed by atoms with Crippen LogP contribution in [0.2, 0.25) is 5.02 Å². The first kappa shape index (κ1) is 18.1. The molecule has 0 unspecified atom stereocenters. The van der Waals surface area contributed by atoms with Crippen LogP contribution in [-0.2, 0) is 11.2 Å². The lowest BCUT2D eigenvalue weighted by Gasteiger charge is -2.33. The molecule has 0 bridgehead atoms. The quantitative estimate of drug-likeness (QED) is 0.756. The van der Waals surface area contributed by atoms with Crippen LogP contribution < -0.4 is 0 Å². The predicted molar refractivity (Wildman–Crippen MR) is 95.0 cm³/mol. The second-order valence-corrected chi connectivity index (χ2v) is 7.94. The summed E-state index contributed by atoms with van der Waals surface area (Å²) in [6, 6.07) is 6.28. The van der Waals surface area contributed by atoms with Gasteiger partial charge in [0.05, 0.1) is 0 Å². The zero-order valence-electron chi connectivity index (χ0n) is 14.7. The number of hydrogen-bond acceptors (Lipinski definition) is 2. The molecule has 1 heterocycles. The highest BCUT2D eigenvalue weighted by Crippen LogP contribution is 2.25. The lowest BCUT2D eigenvalue weighted by molar-refractivity contribution is 0.0181. The summed E-state index contributed by atoms with van der Waals surface area (Å²) < 4.78 is 5.44. The van der Waals surface area contributed by atoms with E-state index in [4.69, 9.17) is 16.3 Å². The van der Waals surface area contributed by atoms with Crippen molar-refractivity contribution in [2.45, 2.75) is 59.0 Å². The van der Waals surface area contributed by atoms with E-state index in [0.29, 0.717) is 5.92 Å². The van der Waals surface area contributed by atoms with E-state index < -0.39 is 5.60 Å².